The molecule has 4 nitrogen and oxygen atoms in total. The molecule has 1 rings (SSSR count). The third kappa shape index (κ3) is 2.95. The van der Waals surface area contributed by atoms with Gasteiger partial charge < -0.3 is 9.84 Å². The number of hydrogen-bond acceptors (Lipinski definition) is 3. The number of esters is 1. The highest BCUT2D eigenvalue weighted by Crippen LogP contribution is 2.15. The summed E-state index contributed by atoms with van der Waals surface area (Å²) in [6.07, 6.45) is 1.09. The molecule has 0 radical (unpaired) electrons. The van der Waals surface area contributed by atoms with Gasteiger partial charge in [-0.2, -0.15) is 0 Å². The maximum absolute atomic E-state index is 11.3. The molecule has 4 heteroatoms. The summed E-state index contributed by atoms with van der Waals surface area (Å²) in [5.74, 6) is -1.45. The quantitative estimate of drug-likeness (QED) is 0.624. The molecule has 0 aliphatic heterocycles. The monoisotopic (exact) mass is 220 g/mol. The van der Waals surface area contributed by atoms with Crippen molar-refractivity contribution in [2.45, 2.75) is 6.92 Å². The van der Waals surface area contributed by atoms with E-state index < -0.39 is 11.9 Å². The molecule has 0 atom stereocenters. The largest absolute Gasteiger partial charge is 0.478 e. The Kier molecular flexibility index (Phi) is 3.83. The summed E-state index contributed by atoms with van der Waals surface area (Å²) < 4.78 is 4.58. The number of carboxylic acid groups (broad SMARTS) is 1. The van der Waals surface area contributed by atoms with Gasteiger partial charge >= 0.3 is 11.9 Å². The van der Waals surface area contributed by atoms with Gasteiger partial charge in [0, 0.05) is 6.08 Å². The first kappa shape index (κ1) is 12.0. The smallest absolute Gasteiger partial charge is 0.337 e. The molecule has 0 aromatic heterocycles. The summed E-state index contributed by atoms with van der Waals surface area (Å²) in [6, 6.07) is 6.63. The van der Waals surface area contributed by atoms with Crippen LogP contribution in [0.25, 0.3) is 5.57 Å². The fourth-order valence-electron chi connectivity index (χ4n) is 1.28. The maximum atomic E-state index is 11.3. The first-order valence-corrected chi connectivity index (χ1v) is 4.64. The molecule has 1 N–H and O–H groups in total. The zero-order valence-electron chi connectivity index (χ0n) is 9.06. The van der Waals surface area contributed by atoms with Gasteiger partial charge in [0.2, 0.25) is 0 Å². The van der Waals surface area contributed by atoms with Gasteiger partial charge in [0.05, 0.1) is 12.7 Å². The number of benzene rings is 1. The van der Waals surface area contributed by atoms with E-state index >= 15 is 0 Å². The summed E-state index contributed by atoms with van der Waals surface area (Å²) in [7, 11) is 1.30. The molecular weight excluding hydrogens is 208 g/mol. The molecule has 0 aliphatic rings. The minimum Gasteiger partial charge on any atom is -0.478 e. The molecule has 0 bridgehead atoms. The Morgan fingerprint density at radius 1 is 1.31 bits per heavy atom. The number of methoxy groups -OCH3 is 1. The Balaban J connectivity index is 3.08. The van der Waals surface area contributed by atoms with Gasteiger partial charge in [-0.25, -0.2) is 9.59 Å². The Bertz CT molecular complexity index is 446. The lowest BCUT2D eigenvalue weighted by Crippen LogP contribution is -2.01. The van der Waals surface area contributed by atoms with Crippen LogP contribution in [0.4, 0.5) is 0 Å². The van der Waals surface area contributed by atoms with Crippen LogP contribution in [0.15, 0.2) is 30.3 Å². The van der Waals surface area contributed by atoms with Crippen LogP contribution in [0.5, 0.6) is 0 Å². The zero-order chi connectivity index (χ0) is 12.1. The van der Waals surface area contributed by atoms with Crippen molar-refractivity contribution >= 4 is 17.5 Å². The van der Waals surface area contributed by atoms with Crippen molar-refractivity contribution in [3.63, 3.8) is 0 Å². The van der Waals surface area contributed by atoms with Crippen LogP contribution in [0.1, 0.15) is 22.8 Å². The Labute approximate surface area is 93.2 Å². The number of rotatable bonds is 3. The predicted octanol–water partition coefficient (Wildman–Crippen LogP) is 1.96. The molecule has 1 aromatic rings. The summed E-state index contributed by atoms with van der Waals surface area (Å²) >= 11 is 0. The van der Waals surface area contributed by atoms with E-state index in [9.17, 15) is 9.59 Å². The highest BCUT2D eigenvalue weighted by molar-refractivity contribution is 5.92. The van der Waals surface area contributed by atoms with E-state index in [1.54, 1.807) is 31.2 Å². The van der Waals surface area contributed by atoms with E-state index in [1.807, 2.05) is 0 Å². The van der Waals surface area contributed by atoms with E-state index in [4.69, 9.17) is 5.11 Å². The van der Waals surface area contributed by atoms with Crippen LogP contribution >= 0.6 is 0 Å². The lowest BCUT2D eigenvalue weighted by atomic mass is 10.0. The first-order valence-electron chi connectivity index (χ1n) is 4.64. The zero-order valence-corrected chi connectivity index (χ0v) is 9.06. The van der Waals surface area contributed by atoms with Crippen LogP contribution in [0.3, 0.4) is 0 Å². The molecular formula is C12H12O4. The van der Waals surface area contributed by atoms with Crippen LogP contribution in [0.2, 0.25) is 0 Å². The molecule has 0 amide bonds. The van der Waals surface area contributed by atoms with Crippen LogP contribution in [0, 0.1) is 0 Å². The molecule has 0 unspecified atom stereocenters. The topological polar surface area (TPSA) is 63.6 Å². The van der Waals surface area contributed by atoms with Gasteiger partial charge in [-0.1, -0.05) is 12.1 Å². The van der Waals surface area contributed by atoms with Crippen molar-refractivity contribution < 1.29 is 19.4 Å². The van der Waals surface area contributed by atoms with E-state index in [0.717, 1.165) is 6.08 Å². The second-order valence-corrected chi connectivity index (χ2v) is 3.24. The second kappa shape index (κ2) is 5.11. The molecule has 1 aromatic carbocycles. The van der Waals surface area contributed by atoms with Crippen molar-refractivity contribution in [2.24, 2.45) is 0 Å². The van der Waals surface area contributed by atoms with Gasteiger partial charge in [-0.3, -0.25) is 0 Å². The number of aliphatic carboxylic acids is 1. The van der Waals surface area contributed by atoms with Crippen molar-refractivity contribution in [2.75, 3.05) is 7.11 Å². The third-order valence-electron chi connectivity index (χ3n) is 2.08. The molecule has 0 heterocycles. The molecule has 0 saturated carbocycles. The second-order valence-electron chi connectivity index (χ2n) is 3.24. The SMILES string of the molecule is COC(=O)c1cccc(/C(C)=C/C(=O)O)c1. The Hall–Kier alpha value is -2.10. The Morgan fingerprint density at radius 3 is 2.50 bits per heavy atom. The van der Waals surface area contributed by atoms with Crippen molar-refractivity contribution in [3.8, 4) is 0 Å². The van der Waals surface area contributed by atoms with Crippen LogP contribution < -0.4 is 0 Å². The number of carboxylic acids is 1. The highest BCUT2D eigenvalue weighted by atomic mass is 16.5. The minimum atomic E-state index is -1.01. The van der Waals surface area contributed by atoms with E-state index in [-0.39, 0.29) is 0 Å². The number of allylic oxidation sites excluding steroid dienone is 1. The van der Waals surface area contributed by atoms with Gasteiger partial charge in [0.1, 0.15) is 0 Å². The van der Waals surface area contributed by atoms with Crippen molar-refractivity contribution in [3.05, 3.63) is 41.5 Å². The third-order valence-corrected chi connectivity index (χ3v) is 2.08. The maximum Gasteiger partial charge on any atom is 0.337 e. The van der Waals surface area contributed by atoms with E-state index in [0.29, 0.717) is 16.7 Å². The minimum absolute atomic E-state index is 0.401. The fraction of sp³-hybridized carbons (Fsp3) is 0.167. The van der Waals surface area contributed by atoms with Gasteiger partial charge in [-0.05, 0) is 30.2 Å². The first-order chi connectivity index (χ1) is 7.54. The fourth-order valence-corrected chi connectivity index (χ4v) is 1.28. The average Bonchev–Trinajstić information content (AvgIpc) is 2.27. The van der Waals surface area contributed by atoms with Gasteiger partial charge in [0.15, 0.2) is 0 Å². The molecule has 0 fully saturated rings. The molecule has 0 aliphatic carbocycles. The predicted molar refractivity (Wildman–Crippen MR) is 59.1 cm³/mol. The summed E-state index contributed by atoms with van der Waals surface area (Å²) in [5.41, 5.74) is 1.67. The summed E-state index contributed by atoms with van der Waals surface area (Å²) in [6.45, 7) is 1.67. The highest BCUT2D eigenvalue weighted by Gasteiger charge is 2.06. The normalized spacial score (nSPS) is 11.0. The molecule has 0 spiro atoms. The van der Waals surface area contributed by atoms with Crippen LogP contribution in [-0.4, -0.2) is 24.2 Å². The summed E-state index contributed by atoms with van der Waals surface area (Å²) in [4.78, 5) is 21.7. The van der Waals surface area contributed by atoms with Crippen LogP contribution in [-0.2, 0) is 9.53 Å². The van der Waals surface area contributed by atoms with Gasteiger partial charge in [-0.15, -0.1) is 0 Å². The molecule has 0 saturated heterocycles. The average molecular weight is 220 g/mol. The lowest BCUT2D eigenvalue weighted by Gasteiger charge is -2.03. The van der Waals surface area contributed by atoms with Crippen molar-refractivity contribution in [1.29, 1.82) is 0 Å². The van der Waals surface area contributed by atoms with Crippen molar-refractivity contribution in [1.82, 2.24) is 0 Å². The number of carbonyl (C=O) groups excluding carboxylic acids is 1. The summed E-state index contributed by atoms with van der Waals surface area (Å²) in [5, 5.41) is 8.60. The number of ether oxygens (including phenoxy) is 1. The van der Waals surface area contributed by atoms with E-state index in [2.05, 4.69) is 4.74 Å². The van der Waals surface area contributed by atoms with E-state index in [1.165, 1.54) is 7.11 Å². The van der Waals surface area contributed by atoms with Gasteiger partial charge in [0.25, 0.3) is 0 Å². The lowest BCUT2D eigenvalue weighted by molar-refractivity contribution is -0.131. The Morgan fingerprint density at radius 2 is 1.94 bits per heavy atom. The number of carbonyl (C=O) groups is 2. The molecule has 16 heavy (non-hydrogen) atoms. The number of hydrogen-bond donors (Lipinski definition) is 1. The molecule has 84 valence electrons. The standard InChI is InChI=1S/C12H12O4/c1-8(6-11(13)14)9-4-3-5-10(7-9)12(15)16-2/h3-7H,1-2H3,(H,13,14)/b8-6+.